The highest BCUT2D eigenvalue weighted by Crippen LogP contribution is 2.15. The first-order chi connectivity index (χ1) is 12.5. The minimum Gasteiger partial charge on any atom is -0.349 e. The van der Waals surface area contributed by atoms with E-state index >= 15 is 0 Å². The average molecular weight is 355 g/mol. The number of aromatic nitrogens is 4. The maximum atomic E-state index is 13.0. The lowest BCUT2D eigenvalue weighted by atomic mass is 10.1. The van der Waals surface area contributed by atoms with Crippen LogP contribution >= 0.6 is 0 Å². The summed E-state index contributed by atoms with van der Waals surface area (Å²) in [6, 6.07) is 9.72. The highest BCUT2D eigenvalue weighted by atomic mass is 19.1. The molecular formula is C17H14FN5O3. The molecular weight excluding hydrogens is 341 g/mol. The van der Waals surface area contributed by atoms with Gasteiger partial charge in [0.2, 0.25) is 0 Å². The van der Waals surface area contributed by atoms with Crippen molar-refractivity contribution in [2.75, 3.05) is 6.54 Å². The zero-order valence-corrected chi connectivity index (χ0v) is 13.5. The molecule has 1 aromatic carbocycles. The smallest absolute Gasteiger partial charge is 0.270 e. The standard InChI is InChI=1S/C17H14FN5O3/c18-12-3-1-11(2-4-12)13-5-6-16(25)23(22-13)8-7-19-17(26)14-9-15(24)21-10-20-14/h1-6,9-10H,7-8H2,(H,19,26)(H,20,21,24). The van der Waals surface area contributed by atoms with Gasteiger partial charge in [-0.25, -0.2) is 14.1 Å². The molecule has 2 aromatic heterocycles. The average Bonchev–Trinajstić information content (AvgIpc) is 2.64. The molecule has 2 N–H and O–H groups in total. The lowest BCUT2D eigenvalue weighted by molar-refractivity contribution is 0.0946. The second-order valence-electron chi connectivity index (χ2n) is 5.34. The van der Waals surface area contributed by atoms with Crippen molar-refractivity contribution in [3.63, 3.8) is 0 Å². The Kier molecular flexibility index (Phi) is 4.97. The number of nitrogens with zero attached hydrogens (tertiary/aromatic N) is 3. The van der Waals surface area contributed by atoms with E-state index in [0.717, 1.165) is 12.4 Å². The Labute approximate surface area is 146 Å². The van der Waals surface area contributed by atoms with Crippen LogP contribution in [-0.4, -0.2) is 32.2 Å². The number of hydrogen-bond donors (Lipinski definition) is 2. The molecule has 0 aliphatic heterocycles. The van der Waals surface area contributed by atoms with Crippen molar-refractivity contribution in [2.24, 2.45) is 0 Å². The van der Waals surface area contributed by atoms with E-state index in [-0.39, 0.29) is 30.2 Å². The third kappa shape index (κ3) is 4.07. The fourth-order valence-electron chi connectivity index (χ4n) is 2.24. The first-order valence-electron chi connectivity index (χ1n) is 7.70. The second kappa shape index (κ2) is 7.51. The van der Waals surface area contributed by atoms with Crippen LogP contribution in [0.15, 0.2) is 58.4 Å². The molecule has 3 rings (SSSR count). The predicted molar refractivity (Wildman–Crippen MR) is 91.1 cm³/mol. The third-order valence-electron chi connectivity index (χ3n) is 3.53. The van der Waals surface area contributed by atoms with Gasteiger partial charge in [-0.2, -0.15) is 5.10 Å². The molecule has 8 nitrogen and oxygen atoms in total. The summed E-state index contributed by atoms with van der Waals surface area (Å²) < 4.78 is 14.2. The molecule has 0 spiro atoms. The molecule has 0 aliphatic carbocycles. The van der Waals surface area contributed by atoms with E-state index < -0.39 is 11.5 Å². The van der Waals surface area contributed by atoms with Crippen molar-refractivity contribution < 1.29 is 9.18 Å². The first-order valence-corrected chi connectivity index (χ1v) is 7.70. The largest absolute Gasteiger partial charge is 0.349 e. The van der Waals surface area contributed by atoms with Crippen molar-refractivity contribution in [1.82, 2.24) is 25.1 Å². The molecule has 2 heterocycles. The summed E-state index contributed by atoms with van der Waals surface area (Å²) >= 11 is 0. The Balaban J connectivity index is 1.69. The van der Waals surface area contributed by atoms with Crippen molar-refractivity contribution in [2.45, 2.75) is 6.54 Å². The SMILES string of the molecule is O=C(NCCn1nc(-c2ccc(F)cc2)ccc1=O)c1cc(=O)[nH]cn1. The number of halogens is 1. The first kappa shape index (κ1) is 17.2. The summed E-state index contributed by atoms with van der Waals surface area (Å²) in [4.78, 5) is 41.1. The van der Waals surface area contributed by atoms with Gasteiger partial charge < -0.3 is 10.3 Å². The Morgan fingerprint density at radius 3 is 2.65 bits per heavy atom. The number of carbonyl (C=O) groups is 1. The van der Waals surface area contributed by atoms with Crippen molar-refractivity contribution in [3.8, 4) is 11.3 Å². The zero-order valence-electron chi connectivity index (χ0n) is 13.5. The Bertz CT molecular complexity index is 1040. The van der Waals surface area contributed by atoms with E-state index in [9.17, 15) is 18.8 Å². The summed E-state index contributed by atoms with van der Waals surface area (Å²) in [5, 5.41) is 6.78. The summed E-state index contributed by atoms with van der Waals surface area (Å²) in [7, 11) is 0. The van der Waals surface area contributed by atoms with Crippen LogP contribution in [0.3, 0.4) is 0 Å². The van der Waals surface area contributed by atoms with Gasteiger partial charge in [0.05, 0.1) is 18.6 Å². The fourth-order valence-corrected chi connectivity index (χ4v) is 2.24. The van der Waals surface area contributed by atoms with Gasteiger partial charge in [0.15, 0.2) is 0 Å². The number of aromatic amines is 1. The summed E-state index contributed by atoms with van der Waals surface area (Å²) in [5.74, 6) is -0.892. The topological polar surface area (TPSA) is 110 Å². The van der Waals surface area contributed by atoms with Gasteiger partial charge >= 0.3 is 0 Å². The third-order valence-corrected chi connectivity index (χ3v) is 3.53. The van der Waals surface area contributed by atoms with E-state index in [1.165, 1.54) is 22.9 Å². The van der Waals surface area contributed by atoms with E-state index in [1.54, 1.807) is 18.2 Å². The number of carbonyl (C=O) groups excluding carboxylic acids is 1. The molecule has 0 unspecified atom stereocenters. The molecule has 0 radical (unpaired) electrons. The van der Waals surface area contributed by atoms with Crippen molar-refractivity contribution in [1.29, 1.82) is 0 Å². The summed E-state index contributed by atoms with van der Waals surface area (Å²) in [6.45, 7) is 0.246. The molecule has 0 saturated heterocycles. The lowest BCUT2D eigenvalue weighted by Gasteiger charge is -2.08. The van der Waals surface area contributed by atoms with E-state index in [2.05, 4.69) is 20.4 Å². The van der Waals surface area contributed by atoms with Crippen molar-refractivity contribution >= 4 is 5.91 Å². The van der Waals surface area contributed by atoms with E-state index in [4.69, 9.17) is 0 Å². The Morgan fingerprint density at radius 2 is 1.92 bits per heavy atom. The van der Waals surface area contributed by atoms with Gasteiger partial charge in [-0.3, -0.25) is 14.4 Å². The van der Waals surface area contributed by atoms with Gasteiger partial charge in [-0.15, -0.1) is 0 Å². The van der Waals surface area contributed by atoms with Crippen molar-refractivity contribution in [3.05, 3.63) is 81.0 Å². The Morgan fingerprint density at radius 1 is 1.15 bits per heavy atom. The van der Waals surface area contributed by atoms with Crippen LogP contribution in [0.4, 0.5) is 4.39 Å². The number of benzene rings is 1. The molecule has 0 aliphatic rings. The normalized spacial score (nSPS) is 10.5. The van der Waals surface area contributed by atoms with Gasteiger partial charge in [-0.1, -0.05) is 0 Å². The number of H-pyrrole nitrogens is 1. The number of hydrogen-bond acceptors (Lipinski definition) is 5. The van der Waals surface area contributed by atoms with E-state index in [1.807, 2.05) is 0 Å². The molecule has 3 aromatic rings. The second-order valence-corrected chi connectivity index (χ2v) is 5.34. The predicted octanol–water partition coefficient (Wildman–Crippen LogP) is 0.563. The van der Waals surface area contributed by atoms with Crippen LogP contribution in [0.5, 0.6) is 0 Å². The van der Waals surface area contributed by atoms with Crippen LogP contribution in [0.25, 0.3) is 11.3 Å². The van der Waals surface area contributed by atoms with E-state index in [0.29, 0.717) is 11.3 Å². The van der Waals surface area contributed by atoms with Gasteiger partial charge in [0.25, 0.3) is 17.0 Å². The molecule has 26 heavy (non-hydrogen) atoms. The van der Waals surface area contributed by atoms with Gasteiger partial charge in [0, 0.05) is 24.2 Å². The molecule has 132 valence electrons. The molecule has 9 heteroatoms. The molecule has 0 fully saturated rings. The monoisotopic (exact) mass is 355 g/mol. The molecule has 0 bridgehead atoms. The van der Waals surface area contributed by atoms with Crippen LogP contribution in [0.2, 0.25) is 0 Å². The van der Waals surface area contributed by atoms with Crippen LogP contribution in [-0.2, 0) is 6.54 Å². The molecule has 0 atom stereocenters. The maximum Gasteiger partial charge on any atom is 0.270 e. The van der Waals surface area contributed by atoms with Crippen LogP contribution in [0, 0.1) is 5.82 Å². The number of amides is 1. The molecule has 1 amide bonds. The number of rotatable bonds is 5. The van der Waals surface area contributed by atoms with Crippen LogP contribution < -0.4 is 16.4 Å². The highest BCUT2D eigenvalue weighted by Gasteiger charge is 2.08. The highest BCUT2D eigenvalue weighted by molar-refractivity contribution is 5.91. The minimum absolute atomic E-state index is 0.0193. The fraction of sp³-hybridized carbons (Fsp3) is 0.118. The van der Waals surface area contributed by atoms with Gasteiger partial charge in [0.1, 0.15) is 11.5 Å². The summed E-state index contributed by atoms with van der Waals surface area (Å²) in [6.07, 6.45) is 1.13. The molecule has 0 saturated carbocycles. The zero-order chi connectivity index (χ0) is 18.5. The lowest BCUT2D eigenvalue weighted by Crippen LogP contribution is -2.32. The van der Waals surface area contributed by atoms with Crippen LogP contribution in [0.1, 0.15) is 10.5 Å². The minimum atomic E-state index is -0.529. The quantitative estimate of drug-likeness (QED) is 0.695. The van der Waals surface area contributed by atoms with Gasteiger partial charge in [-0.05, 0) is 30.3 Å². The maximum absolute atomic E-state index is 13.0. The Hall–Kier alpha value is -3.62. The summed E-state index contributed by atoms with van der Waals surface area (Å²) in [5.41, 5.74) is 0.382. The number of nitrogens with one attached hydrogen (secondary N) is 2.